The number of carbonyl (C=O) groups excluding carboxylic acids is 2. The molecule has 0 saturated carbocycles. The van der Waals surface area contributed by atoms with Gasteiger partial charge in [0, 0.05) is 35.1 Å². The molecule has 0 aliphatic carbocycles. The topological polar surface area (TPSA) is 37.4 Å². The number of hydrogen-bond acceptors (Lipinski definition) is 3. The Hall–Kier alpha value is -1.00. The molecular formula is C12H12ClNO2S. The first-order valence-electron chi connectivity index (χ1n) is 5.38. The van der Waals surface area contributed by atoms with Gasteiger partial charge < -0.3 is 0 Å². The van der Waals surface area contributed by atoms with E-state index >= 15 is 0 Å². The highest BCUT2D eigenvalue weighted by Gasteiger charge is 2.27. The fraction of sp³-hybridized carbons (Fsp3) is 0.333. The van der Waals surface area contributed by atoms with Crippen LogP contribution < -0.4 is 0 Å². The van der Waals surface area contributed by atoms with Gasteiger partial charge in [-0.2, -0.15) is 0 Å². The van der Waals surface area contributed by atoms with Gasteiger partial charge in [-0.15, -0.1) is 11.8 Å². The van der Waals surface area contributed by atoms with Crippen LogP contribution in [0.2, 0.25) is 5.02 Å². The van der Waals surface area contributed by atoms with Crippen molar-refractivity contribution in [2.24, 2.45) is 0 Å². The van der Waals surface area contributed by atoms with Crippen LogP contribution in [0.4, 0.5) is 0 Å². The van der Waals surface area contributed by atoms with Crippen molar-refractivity contribution in [2.75, 3.05) is 12.3 Å². The van der Waals surface area contributed by atoms with Crippen LogP contribution in [0.1, 0.15) is 12.8 Å². The van der Waals surface area contributed by atoms with Gasteiger partial charge in [0.05, 0.1) is 0 Å². The molecule has 2 rings (SSSR count). The van der Waals surface area contributed by atoms with E-state index in [9.17, 15) is 9.59 Å². The van der Waals surface area contributed by atoms with Crippen molar-refractivity contribution in [3.63, 3.8) is 0 Å². The average Bonchev–Trinajstić information content (AvgIpc) is 2.61. The second-order valence-corrected chi connectivity index (χ2v) is 5.35. The van der Waals surface area contributed by atoms with Crippen LogP contribution in [0.5, 0.6) is 0 Å². The Morgan fingerprint density at radius 1 is 1.24 bits per heavy atom. The minimum absolute atomic E-state index is 0.0540. The summed E-state index contributed by atoms with van der Waals surface area (Å²) in [5.74, 6) is 0.598. The first kappa shape index (κ1) is 12.5. The monoisotopic (exact) mass is 269 g/mol. The molecule has 1 fully saturated rings. The zero-order valence-electron chi connectivity index (χ0n) is 9.19. The van der Waals surface area contributed by atoms with Crippen LogP contribution in [0.15, 0.2) is 29.2 Å². The summed E-state index contributed by atoms with van der Waals surface area (Å²) in [5, 5.41) is 0.698. The standard InChI is InChI=1S/C12H12ClNO2S/c13-9-2-1-3-10(8-9)17-7-6-14-11(15)4-5-12(14)16/h1-3,8H,4-7H2. The molecule has 1 heterocycles. The van der Waals surface area contributed by atoms with Crippen molar-refractivity contribution >= 4 is 35.2 Å². The van der Waals surface area contributed by atoms with E-state index in [-0.39, 0.29) is 11.8 Å². The van der Waals surface area contributed by atoms with Gasteiger partial charge in [0.2, 0.25) is 11.8 Å². The number of likely N-dealkylation sites (tertiary alicyclic amines) is 1. The Labute approximate surface area is 109 Å². The number of amides is 2. The highest BCUT2D eigenvalue weighted by Crippen LogP contribution is 2.22. The number of thioether (sulfide) groups is 1. The first-order chi connectivity index (χ1) is 8.16. The maximum Gasteiger partial charge on any atom is 0.229 e. The van der Waals surface area contributed by atoms with Gasteiger partial charge in [0.25, 0.3) is 0 Å². The quantitative estimate of drug-likeness (QED) is 0.623. The maximum atomic E-state index is 11.4. The maximum absolute atomic E-state index is 11.4. The third-order valence-corrected chi connectivity index (χ3v) is 3.74. The lowest BCUT2D eigenvalue weighted by Crippen LogP contribution is -2.31. The van der Waals surface area contributed by atoms with E-state index in [4.69, 9.17) is 11.6 Å². The first-order valence-corrected chi connectivity index (χ1v) is 6.75. The van der Waals surface area contributed by atoms with Crippen LogP contribution in [0, 0.1) is 0 Å². The van der Waals surface area contributed by atoms with E-state index in [0.29, 0.717) is 30.2 Å². The van der Waals surface area contributed by atoms with Crippen molar-refractivity contribution < 1.29 is 9.59 Å². The summed E-state index contributed by atoms with van der Waals surface area (Å²) in [6.07, 6.45) is 0.724. The lowest BCUT2D eigenvalue weighted by Gasteiger charge is -2.12. The third-order valence-electron chi connectivity index (χ3n) is 2.53. The molecule has 17 heavy (non-hydrogen) atoms. The normalized spacial score (nSPS) is 15.7. The second-order valence-electron chi connectivity index (χ2n) is 3.74. The van der Waals surface area contributed by atoms with E-state index in [2.05, 4.69) is 0 Å². The molecular weight excluding hydrogens is 258 g/mol. The number of halogens is 1. The Morgan fingerprint density at radius 2 is 1.94 bits per heavy atom. The van der Waals surface area contributed by atoms with Crippen molar-refractivity contribution in [1.29, 1.82) is 0 Å². The average molecular weight is 270 g/mol. The fourth-order valence-electron chi connectivity index (χ4n) is 1.68. The van der Waals surface area contributed by atoms with Gasteiger partial charge in [-0.05, 0) is 18.2 Å². The van der Waals surface area contributed by atoms with Crippen molar-refractivity contribution in [3.05, 3.63) is 29.3 Å². The molecule has 90 valence electrons. The molecule has 0 aromatic heterocycles. The van der Waals surface area contributed by atoms with Crippen molar-refractivity contribution in [1.82, 2.24) is 4.90 Å². The van der Waals surface area contributed by atoms with E-state index < -0.39 is 0 Å². The zero-order chi connectivity index (χ0) is 12.3. The predicted molar refractivity (Wildman–Crippen MR) is 68.1 cm³/mol. The molecule has 0 unspecified atom stereocenters. The lowest BCUT2D eigenvalue weighted by molar-refractivity contribution is -0.137. The molecule has 0 bridgehead atoms. The molecule has 0 radical (unpaired) electrons. The van der Waals surface area contributed by atoms with Crippen LogP contribution in [-0.4, -0.2) is 29.0 Å². The molecule has 0 atom stereocenters. The minimum atomic E-state index is -0.0540. The summed E-state index contributed by atoms with van der Waals surface area (Å²) in [6, 6.07) is 7.54. The minimum Gasteiger partial charge on any atom is -0.282 e. The van der Waals surface area contributed by atoms with Gasteiger partial charge in [0.15, 0.2) is 0 Å². The summed E-state index contributed by atoms with van der Waals surface area (Å²) in [4.78, 5) is 25.1. The predicted octanol–water partition coefficient (Wildman–Crippen LogP) is 2.58. The van der Waals surface area contributed by atoms with Crippen LogP contribution in [0.3, 0.4) is 0 Å². The number of rotatable bonds is 4. The molecule has 1 aromatic rings. The van der Waals surface area contributed by atoms with Gasteiger partial charge >= 0.3 is 0 Å². The summed E-state index contributed by atoms with van der Waals surface area (Å²) < 4.78 is 0. The van der Waals surface area contributed by atoms with Crippen molar-refractivity contribution in [2.45, 2.75) is 17.7 Å². The number of carbonyl (C=O) groups is 2. The summed E-state index contributed by atoms with van der Waals surface area (Å²) >= 11 is 7.46. The number of imide groups is 1. The largest absolute Gasteiger partial charge is 0.282 e. The smallest absolute Gasteiger partial charge is 0.229 e. The van der Waals surface area contributed by atoms with Gasteiger partial charge in [-0.25, -0.2) is 0 Å². The van der Waals surface area contributed by atoms with Gasteiger partial charge in [-0.1, -0.05) is 17.7 Å². The molecule has 1 aliphatic heterocycles. The Bertz CT molecular complexity index is 434. The molecule has 1 aliphatic rings. The van der Waals surface area contributed by atoms with E-state index in [1.807, 2.05) is 24.3 Å². The molecule has 0 spiro atoms. The van der Waals surface area contributed by atoms with Crippen LogP contribution in [-0.2, 0) is 9.59 Å². The summed E-state index contributed by atoms with van der Waals surface area (Å²) in [7, 11) is 0. The lowest BCUT2D eigenvalue weighted by atomic mass is 10.4. The number of benzene rings is 1. The fourth-order valence-corrected chi connectivity index (χ4v) is 2.83. The Morgan fingerprint density at radius 3 is 2.59 bits per heavy atom. The highest BCUT2D eigenvalue weighted by atomic mass is 35.5. The Kier molecular flexibility index (Phi) is 4.07. The zero-order valence-corrected chi connectivity index (χ0v) is 10.8. The van der Waals surface area contributed by atoms with Gasteiger partial charge in [0.1, 0.15) is 0 Å². The molecule has 5 heteroatoms. The highest BCUT2D eigenvalue weighted by molar-refractivity contribution is 7.99. The van der Waals surface area contributed by atoms with Gasteiger partial charge in [-0.3, -0.25) is 14.5 Å². The molecule has 1 aromatic carbocycles. The third kappa shape index (κ3) is 3.23. The van der Waals surface area contributed by atoms with Crippen LogP contribution in [0.25, 0.3) is 0 Å². The summed E-state index contributed by atoms with van der Waals surface area (Å²) in [6.45, 7) is 0.481. The number of hydrogen-bond donors (Lipinski definition) is 0. The Balaban J connectivity index is 1.83. The van der Waals surface area contributed by atoms with Crippen molar-refractivity contribution in [3.8, 4) is 0 Å². The molecule has 3 nitrogen and oxygen atoms in total. The molecule has 2 amide bonds. The summed E-state index contributed by atoms with van der Waals surface area (Å²) in [5.41, 5.74) is 0. The van der Waals surface area contributed by atoms with E-state index in [0.717, 1.165) is 4.90 Å². The van der Waals surface area contributed by atoms with E-state index in [1.165, 1.54) is 4.90 Å². The molecule has 0 N–H and O–H groups in total. The second kappa shape index (κ2) is 5.56. The SMILES string of the molecule is O=C1CCC(=O)N1CCSc1cccc(Cl)c1. The van der Waals surface area contributed by atoms with Crippen LogP contribution >= 0.6 is 23.4 Å². The van der Waals surface area contributed by atoms with E-state index in [1.54, 1.807) is 11.8 Å². The molecule has 1 saturated heterocycles. The number of nitrogens with zero attached hydrogens (tertiary/aromatic N) is 1.